The van der Waals surface area contributed by atoms with Crippen LogP contribution in [0.5, 0.6) is 0 Å². The van der Waals surface area contributed by atoms with Crippen molar-refractivity contribution in [2.24, 2.45) is 5.92 Å². The van der Waals surface area contributed by atoms with Gasteiger partial charge in [-0.25, -0.2) is 4.39 Å². The van der Waals surface area contributed by atoms with E-state index in [0.717, 1.165) is 6.42 Å². The monoisotopic (exact) mass is 265 g/mol. The lowest BCUT2D eigenvalue weighted by Crippen LogP contribution is -2.28. The molecule has 2 aromatic rings. The predicted molar refractivity (Wildman–Crippen MR) is 79.2 cm³/mol. The number of para-hydroxylation sites is 1. The summed E-state index contributed by atoms with van der Waals surface area (Å²) in [5, 5.41) is 3.64. The average molecular weight is 265 g/mol. The molecule has 0 radical (unpaired) electrons. The van der Waals surface area contributed by atoms with Crippen LogP contribution in [0.25, 0.3) is 0 Å². The molecule has 0 aromatic heterocycles. The van der Waals surface area contributed by atoms with E-state index < -0.39 is 0 Å². The minimum Gasteiger partial charge on any atom is -0.378 e. The lowest BCUT2D eigenvalue weighted by atomic mass is 9.77. The van der Waals surface area contributed by atoms with Gasteiger partial charge in [0.05, 0.1) is 6.04 Å². The van der Waals surface area contributed by atoms with Gasteiger partial charge >= 0.3 is 0 Å². The van der Waals surface area contributed by atoms with E-state index in [2.05, 4.69) is 41.7 Å². The molecule has 2 aliphatic rings. The number of hydrogen-bond acceptors (Lipinski definition) is 1. The molecule has 0 amide bonds. The van der Waals surface area contributed by atoms with Crippen molar-refractivity contribution < 1.29 is 4.39 Å². The maximum absolute atomic E-state index is 13.1. The van der Waals surface area contributed by atoms with Crippen molar-refractivity contribution in [3.8, 4) is 0 Å². The van der Waals surface area contributed by atoms with Crippen LogP contribution in [0.2, 0.25) is 0 Å². The van der Waals surface area contributed by atoms with Gasteiger partial charge < -0.3 is 5.32 Å². The fourth-order valence-corrected chi connectivity index (χ4v) is 3.54. The van der Waals surface area contributed by atoms with Crippen molar-refractivity contribution in [2.75, 3.05) is 5.32 Å². The predicted octanol–water partition coefficient (Wildman–Crippen LogP) is 4.65. The Morgan fingerprint density at radius 3 is 2.65 bits per heavy atom. The standard InChI is InChI=1S/C18H16FN/c19-13-10-8-12(9-11-13)18-16-6-3-5-14(16)15-4-1-2-7-17(15)20-18/h1-5,7-11,14,16,18,20H,6H2/t14-,16+,18+/m1/s1. The number of allylic oxidation sites excluding steroid dienone is 2. The van der Waals surface area contributed by atoms with Gasteiger partial charge in [-0.05, 0) is 41.7 Å². The van der Waals surface area contributed by atoms with E-state index in [0.29, 0.717) is 11.8 Å². The number of nitrogens with one attached hydrogen (secondary N) is 1. The van der Waals surface area contributed by atoms with Gasteiger partial charge in [-0.1, -0.05) is 42.5 Å². The summed E-state index contributed by atoms with van der Waals surface area (Å²) in [6, 6.07) is 15.7. The van der Waals surface area contributed by atoms with Crippen LogP contribution in [0, 0.1) is 11.7 Å². The molecular formula is C18H16FN. The van der Waals surface area contributed by atoms with Crippen molar-refractivity contribution in [2.45, 2.75) is 18.4 Å². The smallest absolute Gasteiger partial charge is 0.123 e. The molecule has 100 valence electrons. The fraction of sp³-hybridized carbons (Fsp3) is 0.222. The topological polar surface area (TPSA) is 12.0 Å². The number of hydrogen-bond donors (Lipinski definition) is 1. The molecule has 0 spiro atoms. The van der Waals surface area contributed by atoms with Gasteiger partial charge in [-0.3, -0.25) is 0 Å². The van der Waals surface area contributed by atoms with Gasteiger partial charge in [0.2, 0.25) is 0 Å². The largest absolute Gasteiger partial charge is 0.378 e. The van der Waals surface area contributed by atoms with Crippen molar-refractivity contribution in [3.63, 3.8) is 0 Å². The van der Waals surface area contributed by atoms with E-state index in [-0.39, 0.29) is 11.9 Å². The maximum atomic E-state index is 13.1. The van der Waals surface area contributed by atoms with Gasteiger partial charge in [0.15, 0.2) is 0 Å². The Bertz CT molecular complexity index is 659. The van der Waals surface area contributed by atoms with Gasteiger partial charge in [-0.2, -0.15) is 0 Å². The minimum absolute atomic E-state index is 0.175. The Morgan fingerprint density at radius 1 is 1.00 bits per heavy atom. The Morgan fingerprint density at radius 2 is 1.80 bits per heavy atom. The third-order valence-electron chi connectivity index (χ3n) is 4.50. The van der Waals surface area contributed by atoms with Gasteiger partial charge in [-0.15, -0.1) is 0 Å². The second-order valence-corrected chi connectivity index (χ2v) is 5.61. The van der Waals surface area contributed by atoms with Crippen LogP contribution in [0.4, 0.5) is 10.1 Å². The van der Waals surface area contributed by atoms with E-state index in [9.17, 15) is 4.39 Å². The van der Waals surface area contributed by atoms with Crippen LogP contribution < -0.4 is 5.32 Å². The molecule has 4 rings (SSSR count). The second-order valence-electron chi connectivity index (χ2n) is 5.61. The number of rotatable bonds is 1. The molecule has 1 aliphatic carbocycles. The summed E-state index contributed by atoms with van der Waals surface area (Å²) < 4.78 is 13.1. The third kappa shape index (κ3) is 1.75. The van der Waals surface area contributed by atoms with E-state index in [1.54, 1.807) is 12.1 Å². The molecule has 0 bridgehead atoms. The third-order valence-corrected chi connectivity index (χ3v) is 4.50. The molecule has 1 nitrogen and oxygen atoms in total. The first kappa shape index (κ1) is 11.7. The SMILES string of the molecule is Fc1ccc([C@@H]2Nc3ccccc3[C@H]3C=CC[C@@H]32)cc1. The zero-order valence-electron chi connectivity index (χ0n) is 11.1. The van der Waals surface area contributed by atoms with Crippen LogP contribution >= 0.6 is 0 Å². The average Bonchev–Trinajstić information content (AvgIpc) is 2.97. The summed E-state index contributed by atoms with van der Waals surface area (Å²) in [6.07, 6.45) is 5.67. The highest BCUT2D eigenvalue weighted by Crippen LogP contribution is 2.49. The van der Waals surface area contributed by atoms with Crippen LogP contribution in [0.3, 0.4) is 0 Å². The highest BCUT2D eigenvalue weighted by molar-refractivity contribution is 5.59. The van der Waals surface area contributed by atoms with E-state index in [1.165, 1.54) is 16.8 Å². The van der Waals surface area contributed by atoms with Crippen molar-refractivity contribution in [1.29, 1.82) is 0 Å². The first-order valence-electron chi connectivity index (χ1n) is 7.10. The molecule has 2 heteroatoms. The quantitative estimate of drug-likeness (QED) is 0.740. The molecule has 1 N–H and O–H groups in total. The number of halogens is 1. The lowest BCUT2D eigenvalue weighted by molar-refractivity contribution is 0.425. The Hall–Kier alpha value is -2.09. The van der Waals surface area contributed by atoms with Gasteiger partial charge in [0, 0.05) is 11.6 Å². The Kier molecular flexibility index (Phi) is 2.62. The van der Waals surface area contributed by atoms with Gasteiger partial charge in [0.1, 0.15) is 5.82 Å². The number of benzene rings is 2. The summed E-state index contributed by atoms with van der Waals surface area (Å²) in [4.78, 5) is 0. The number of anilines is 1. The zero-order chi connectivity index (χ0) is 13.5. The van der Waals surface area contributed by atoms with Crippen molar-refractivity contribution >= 4 is 5.69 Å². The molecule has 0 saturated carbocycles. The molecule has 0 fully saturated rings. The lowest BCUT2D eigenvalue weighted by Gasteiger charge is -2.37. The van der Waals surface area contributed by atoms with E-state index >= 15 is 0 Å². The molecule has 20 heavy (non-hydrogen) atoms. The van der Waals surface area contributed by atoms with Crippen LogP contribution in [-0.4, -0.2) is 0 Å². The maximum Gasteiger partial charge on any atom is 0.123 e. The molecule has 1 heterocycles. The highest BCUT2D eigenvalue weighted by atomic mass is 19.1. The number of fused-ring (bicyclic) bond motifs is 3. The van der Waals surface area contributed by atoms with Crippen molar-refractivity contribution in [3.05, 3.63) is 77.6 Å². The Labute approximate surface area is 118 Å². The highest BCUT2D eigenvalue weighted by Gasteiger charge is 2.37. The zero-order valence-corrected chi connectivity index (χ0v) is 11.1. The molecule has 0 unspecified atom stereocenters. The van der Waals surface area contributed by atoms with E-state index in [4.69, 9.17) is 0 Å². The summed E-state index contributed by atoms with van der Waals surface area (Å²) in [5.41, 5.74) is 3.75. The summed E-state index contributed by atoms with van der Waals surface area (Å²) in [7, 11) is 0. The fourth-order valence-electron chi connectivity index (χ4n) is 3.54. The first-order valence-corrected chi connectivity index (χ1v) is 7.10. The molecule has 3 atom stereocenters. The van der Waals surface area contributed by atoms with Crippen LogP contribution in [0.15, 0.2) is 60.7 Å². The summed E-state index contributed by atoms with van der Waals surface area (Å²) in [5.74, 6) is 0.823. The molecule has 1 aliphatic heterocycles. The van der Waals surface area contributed by atoms with Crippen LogP contribution in [0.1, 0.15) is 29.5 Å². The van der Waals surface area contributed by atoms with Crippen LogP contribution in [-0.2, 0) is 0 Å². The first-order chi connectivity index (χ1) is 9.83. The molecular weight excluding hydrogens is 249 g/mol. The normalized spacial score (nSPS) is 26.8. The Balaban J connectivity index is 1.77. The molecule has 0 saturated heterocycles. The summed E-state index contributed by atoms with van der Waals surface area (Å²) >= 11 is 0. The van der Waals surface area contributed by atoms with Crippen molar-refractivity contribution in [1.82, 2.24) is 0 Å². The second kappa shape index (κ2) is 4.48. The summed E-state index contributed by atoms with van der Waals surface area (Å²) in [6.45, 7) is 0. The van der Waals surface area contributed by atoms with E-state index in [1.807, 2.05) is 12.1 Å². The van der Waals surface area contributed by atoms with Gasteiger partial charge in [0.25, 0.3) is 0 Å². The minimum atomic E-state index is -0.175. The molecule has 2 aromatic carbocycles.